The highest BCUT2D eigenvalue weighted by Crippen LogP contribution is 2.59. The largest absolute Gasteiger partial charge is 0.416 e. The topological polar surface area (TPSA) is 0 Å². The lowest BCUT2D eigenvalue weighted by molar-refractivity contribution is -0.144. The second-order valence-corrected chi connectivity index (χ2v) is 20.7. The Morgan fingerprint density at radius 2 is 0.891 bits per heavy atom. The molecule has 0 saturated heterocycles. The number of halogens is 12. The fourth-order valence-corrected chi connectivity index (χ4v) is 16.5. The maximum absolute atomic E-state index is 14.2. The summed E-state index contributed by atoms with van der Waals surface area (Å²) in [5.41, 5.74) is -5.47. The van der Waals surface area contributed by atoms with Crippen LogP contribution in [-0.2, 0) is 24.7 Å². The second-order valence-electron chi connectivity index (χ2n) is 15.4. The van der Waals surface area contributed by atoms with Gasteiger partial charge >= 0.3 is 24.7 Å². The minimum absolute atomic E-state index is 0.0671. The molecule has 0 bridgehead atoms. The van der Waals surface area contributed by atoms with Crippen molar-refractivity contribution in [1.29, 1.82) is 0 Å². The van der Waals surface area contributed by atoms with Crippen LogP contribution in [0.4, 0.5) is 52.7 Å². The summed E-state index contributed by atoms with van der Waals surface area (Å²) in [7, 11) is -3.27. The van der Waals surface area contributed by atoms with Crippen LogP contribution >= 0.6 is 15.8 Å². The molecule has 3 saturated carbocycles. The monoisotopic (exact) mass is 826 g/mol. The fraction of sp³-hybridized carbons (Fsp3) is 0.561. The maximum atomic E-state index is 14.2. The number of benzene rings is 3. The Labute approximate surface area is 316 Å². The third-order valence-corrected chi connectivity index (χ3v) is 18.2. The lowest BCUT2D eigenvalue weighted by Gasteiger charge is -2.41. The van der Waals surface area contributed by atoms with Gasteiger partial charge in [-0.05, 0) is 133 Å². The van der Waals surface area contributed by atoms with Crippen LogP contribution in [0.2, 0.25) is 0 Å². The van der Waals surface area contributed by atoms with Gasteiger partial charge < -0.3 is 0 Å². The van der Waals surface area contributed by atoms with Crippen molar-refractivity contribution in [2.75, 3.05) is 0 Å². The van der Waals surface area contributed by atoms with E-state index in [1.165, 1.54) is 18.1 Å². The van der Waals surface area contributed by atoms with Gasteiger partial charge in [-0.2, -0.15) is 52.7 Å². The molecule has 0 radical (unpaired) electrons. The van der Waals surface area contributed by atoms with E-state index in [9.17, 15) is 52.7 Å². The lowest BCUT2D eigenvalue weighted by atomic mass is 9.87. The van der Waals surface area contributed by atoms with Crippen LogP contribution in [0, 0.1) is 5.92 Å². The van der Waals surface area contributed by atoms with Crippen molar-refractivity contribution in [2.24, 2.45) is 5.92 Å². The number of hydrogen-bond donors (Lipinski definition) is 0. The van der Waals surface area contributed by atoms with E-state index in [0.29, 0.717) is 54.8 Å². The Bertz CT molecular complexity index is 1610. The third kappa shape index (κ3) is 9.70. The van der Waals surface area contributed by atoms with E-state index in [1.807, 2.05) is 18.2 Å². The SMILES string of the molecule is C[C@H]([C@@H]1CCC[C@@H]1c1ccccc1P(C1CCCCC1)C1CCCCC1)P(c1cc(C(F)(F)F)cc(C(F)(F)F)c1)c1cc(C(F)(F)F)cc(C(F)(F)F)c1. The predicted molar refractivity (Wildman–Crippen MR) is 195 cm³/mol. The normalized spacial score (nSPS) is 21.8. The van der Waals surface area contributed by atoms with Crippen molar-refractivity contribution in [3.8, 4) is 0 Å². The molecule has 3 aromatic carbocycles. The zero-order chi connectivity index (χ0) is 39.9. The van der Waals surface area contributed by atoms with Crippen LogP contribution in [0.1, 0.15) is 124 Å². The Morgan fingerprint density at radius 1 is 0.491 bits per heavy atom. The summed E-state index contributed by atoms with van der Waals surface area (Å²) in [4.78, 5) is 0. The molecule has 0 aliphatic heterocycles. The Hall–Kier alpha value is -2.32. The summed E-state index contributed by atoms with van der Waals surface area (Å²) in [5, 5.41) is 0.118. The first-order chi connectivity index (χ1) is 25.7. The van der Waals surface area contributed by atoms with Gasteiger partial charge in [-0.25, -0.2) is 0 Å². The van der Waals surface area contributed by atoms with E-state index >= 15 is 0 Å². The van der Waals surface area contributed by atoms with Crippen molar-refractivity contribution >= 4 is 31.8 Å². The molecular weight excluding hydrogens is 782 g/mol. The van der Waals surface area contributed by atoms with E-state index in [4.69, 9.17) is 0 Å². The average molecular weight is 827 g/mol. The number of rotatable bonds is 8. The molecule has 0 heterocycles. The summed E-state index contributed by atoms with van der Waals surface area (Å²) in [6.07, 6.45) is -7.96. The van der Waals surface area contributed by atoms with E-state index in [0.717, 1.165) is 56.9 Å². The van der Waals surface area contributed by atoms with Crippen molar-refractivity contribution in [3.05, 3.63) is 88.5 Å². The summed E-state index contributed by atoms with van der Waals surface area (Å²) in [5.74, 6) is -0.663. The molecule has 0 amide bonds. The molecule has 3 aliphatic carbocycles. The van der Waals surface area contributed by atoms with Crippen molar-refractivity contribution in [1.82, 2.24) is 0 Å². The van der Waals surface area contributed by atoms with E-state index in [-0.39, 0.29) is 18.1 Å². The smallest absolute Gasteiger partial charge is 0.166 e. The highest BCUT2D eigenvalue weighted by molar-refractivity contribution is 7.73. The van der Waals surface area contributed by atoms with Crippen LogP contribution in [0.25, 0.3) is 0 Å². The van der Waals surface area contributed by atoms with Gasteiger partial charge in [0, 0.05) is 0 Å². The number of hydrogen-bond acceptors (Lipinski definition) is 0. The molecule has 14 heteroatoms. The van der Waals surface area contributed by atoms with Gasteiger partial charge in [-0.15, -0.1) is 0 Å². The Balaban J connectivity index is 1.52. The highest BCUT2D eigenvalue weighted by atomic mass is 31.1. The van der Waals surface area contributed by atoms with Gasteiger partial charge in [0.15, 0.2) is 0 Å². The molecule has 55 heavy (non-hydrogen) atoms. The molecule has 3 aliphatic rings. The average Bonchev–Trinajstić information content (AvgIpc) is 3.61. The summed E-state index contributed by atoms with van der Waals surface area (Å²) >= 11 is 0. The highest BCUT2D eigenvalue weighted by Gasteiger charge is 2.45. The standard InChI is InChI=1S/C41H44F12P2/c1-25(34-16-10-17-35(34)36-15-8-9-18-37(36)55(30-11-4-2-5-12-30)31-13-6-3-7-14-31)54(32-21-26(38(42,43)44)19-27(22-32)39(45,46)47)33-23-28(40(48,49)50)20-29(24-33)41(51,52)53/h8-9,15,18-25,30-31,34-35H,2-7,10-14,16-17H2,1H3/t25-,34+,35+/m1/s1. The van der Waals surface area contributed by atoms with Gasteiger partial charge in [0.2, 0.25) is 0 Å². The third-order valence-electron chi connectivity index (χ3n) is 11.8. The van der Waals surface area contributed by atoms with Crippen LogP contribution in [-0.4, -0.2) is 17.0 Å². The van der Waals surface area contributed by atoms with Crippen molar-refractivity contribution < 1.29 is 52.7 Å². The molecule has 0 unspecified atom stereocenters. The first kappa shape index (κ1) is 42.3. The Kier molecular flexibility index (Phi) is 12.7. The quantitative estimate of drug-likeness (QED) is 0.157. The zero-order valence-corrected chi connectivity index (χ0v) is 32.1. The molecule has 6 rings (SSSR count). The fourth-order valence-electron chi connectivity index (χ4n) is 9.36. The van der Waals surface area contributed by atoms with E-state index in [1.54, 1.807) is 6.92 Å². The summed E-state index contributed by atoms with van der Waals surface area (Å²) < 4.78 is 170. The van der Waals surface area contributed by atoms with Crippen LogP contribution < -0.4 is 15.9 Å². The summed E-state index contributed by atoms with van der Waals surface area (Å²) in [6, 6.07) is 9.92. The molecule has 3 aromatic rings. The first-order valence-corrected chi connectivity index (χ1v) is 21.9. The van der Waals surface area contributed by atoms with E-state index < -0.39 is 85.0 Å². The molecule has 3 fully saturated rings. The zero-order valence-electron chi connectivity index (χ0n) is 30.3. The van der Waals surface area contributed by atoms with Gasteiger partial charge in [0.1, 0.15) is 0 Å². The van der Waals surface area contributed by atoms with Crippen LogP contribution in [0.3, 0.4) is 0 Å². The minimum Gasteiger partial charge on any atom is -0.166 e. The maximum Gasteiger partial charge on any atom is 0.416 e. The molecule has 3 atom stereocenters. The summed E-state index contributed by atoms with van der Waals surface area (Å²) in [6.45, 7) is 1.59. The molecular formula is C41H44F12P2. The molecule has 0 aromatic heterocycles. The first-order valence-electron chi connectivity index (χ1n) is 19.0. The van der Waals surface area contributed by atoms with Crippen LogP contribution in [0.5, 0.6) is 0 Å². The number of alkyl halides is 12. The molecule has 0 N–H and O–H groups in total. The van der Waals surface area contributed by atoms with Gasteiger partial charge in [0.25, 0.3) is 0 Å². The lowest BCUT2D eigenvalue weighted by Crippen LogP contribution is -2.32. The van der Waals surface area contributed by atoms with Gasteiger partial charge in [-0.1, -0.05) is 84.1 Å². The molecule has 302 valence electrons. The molecule has 0 nitrogen and oxygen atoms in total. The van der Waals surface area contributed by atoms with Crippen molar-refractivity contribution in [3.63, 3.8) is 0 Å². The van der Waals surface area contributed by atoms with Gasteiger partial charge in [0.05, 0.1) is 22.3 Å². The second kappa shape index (κ2) is 16.5. The van der Waals surface area contributed by atoms with Crippen molar-refractivity contribution in [2.45, 2.75) is 138 Å². The van der Waals surface area contributed by atoms with Crippen LogP contribution in [0.15, 0.2) is 60.7 Å². The minimum atomic E-state index is -5.27. The molecule has 0 spiro atoms. The Morgan fingerprint density at radius 3 is 1.29 bits per heavy atom. The van der Waals surface area contributed by atoms with Gasteiger partial charge in [-0.3, -0.25) is 0 Å². The van der Waals surface area contributed by atoms with E-state index in [2.05, 4.69) is 6.07 Å². The predicted octanol–water partition coefficient (Wildman–Crippen LogP) is 13.9.